The monoisotopic (exact) mass is 287 g/mol. The highest BCUT2D eigenvalue weighted by Gasteiger charge is 2.11. The normalized spacial score (nSPS) is 11.4. The van der Waals surface area contributed by atoms with Crippen molar-refractivity contribution in [3.8, 4) is 12.3 Å². The zero-order chi connectivity index (χ0) is 15.2. The molecule has 2 rings (SSSR count). The lowest BCUT2D eigenvalue weighted by Crippen LogP contribution is -2.37. The largest absolute Gasteiger partial charge is 0.459 e. The van der Waals surface area contributed by atoms with Gasteiger partial charge in [-0.25, -0.2) is 9.38 Å². The maximum Gasteiger partial charge on any atom is 0.192 e. The summed E-state index contributed by atoms with van der Waals surface area (Å²) in [5.41, 5.74) is 1.57. The third-order valence-corrected chi connectivity index (χ3v) is 3.08. The van der Waals surface area contributed by atoms with E-state index in [-0.39, 0.29) is 5.82 Å². The molecule has 5 heteroatoms. The first-order valence-corrected chi connectivity index (χ1v) is 6.79. The van der Waals surface area contributed by atoms with Crippen LogP contribution in [0.3, 0.4) is 0 Å². The number of terminal acetylenes is 1. The molecule has 0 atom stereocenters. The molecule has 0 radical (unpaired) electrons. The van der Waals surface area contributed by atoms with Crippen molar-refractivity contribution in [2.45, 2.75) is 20.4 Å². The summed E-state index contributed by atoms with van der Waals surface area (Å²) in [5.74, 6) is 3.57. The zero-order valence-corrected chi connectivity index (χ0v) is 12.2. The number of nitrogens with zero attached hydrogens (tertiary/aromatic N) is 1. The molecule has 0 aliphatic rings. The second-order valence-corrected chi connectivity index (χ2v) is 4.54. The number of fused-ring (bicyclic) bond motifs is 1. The van der Waals surface area contributed by atoms with Crippen LogP contribution in [0.25, 0.3) is 11.0 Å². The number of hydrogen-bond donors (Lipinski definition) is 2. The van der Waals surface area contributed by atoms with Crippen LogP contribution in [-0.4, -0.2) is 19.0 Å². The summed E-state index contributed by atoms with van der Waals surface area (Å²) >= 11 is 0. The minimum absolute atomic E-state index is 0.273. The van der Waals surface area contributed by atoms with Crippen LogP contribution in [0, 0.1) is 25.1 Å². The van der Waals surface area contributed by atoms with Gasteiger partial charge in [-0.15, -0.1) is 6.42 Å². The predicted molar refractivity (Wildman–Crippen MR) is 82.6 cm³/mol. The Hall–Kier alpha value is -2.48. The van der Waals surface area contributed by atoms with Gasteiger partial charge in [0.25, 0.3) is 0 Å². The quantitative estimate of drug-likeness (QED) is 0.516. The average Bonchev–Trinajstić information content (AvgIpc) is 2.78. The van der Waals surface area contributed by atoms with Gasteiger partial charge in [-0.05, 0) is 32.0 Å². The van der Waals surface area contributed by atoms with E-state index in [0.717, 1.165) is 17.5 Å². The van der Waals surface area contributed by atoms with Gasteiger partial charge in [-0.1, -0.05) is 5.92 Å². The Kier molecular flexibility index (Phi) is 4.83. The predicted octanol–water partition coefficient (Wildman–Crippen LogP) is 2.57. The first kappa shape index (κ1) is 14.9. The highest BCUT2D eigenvalue weighted by molar-refractivity contribution is 5.82. The fourth-order valence-corrected chi connectivity index (χ4v) is 2.02. The summed E-state index contributed by atoms with van der Waals surface area (Å²) in [4.78, 5) is 4.41. The van der Waals surface area contributed by atoms with Crippen LogP contribution in [0.2, 0.25) is 0 Å². The lowest BCUT2D eigenvalue weighted by atomic mass is 10.1. The van der Waals surface area contributed by atoms with E-state index in [9.17, 15) is 4.39 Å². The number of benzene rings is 1. The molecular formula is C16H18FN3O. The molecule has 21 heavy (non-hydrogen) atoms. The van der Waals surface area contributed by atoms with E-state index in [4.69, 9.17) is 10.8 Å². The fourth-order valence-electron chi connectivity index (χ4n) is 2.02. The van der Waals surface area contributed by atoms with Crippen molar-refractivity contribution in [2.75, 3.05) is 13.1 Å². The number of guanidine groups is 1. The summed E-state index contributed by atoms with van der Waals surface area (Å²) in [6.07, 6.45) is 5.22. The lowest BCUT2D eigenvalue weighted by molar-refractivity contribution is 0.547. The number of furan rings is 1. The molecule has 2 N–H and O–H groups in total. The number of rotatable bonds is 4. The van der Waals surface area contributed by atoms with Crippen LogP contribution >= 0.6 is 0 Å². The molecule has 0 unspecified atom stereocenters. The molecular weight excluding hydrogens is 269 g/mol. The summed E-state index contributed by atoms with van der Waals surface area (Å²) in [5, 5.41) is 6.88. The average molecular weight is 287 g/mol. The summed E-state index contributed by atoms with van der Waals surface area (Å²) in [6, 6.07) is 4.49. The number of aliphatic imine (C=N–C) groups is 1. The Bertz CT molecular complexity index is 697. The van der Waals surface area contributed by atoms with E-state index in [1.54, 1.807) is 6.07 Å². The van der Waals surface area contributed by atoms with E-state index in [1.165, 1.54) is 12.1 Å². The smallest absolute Gasteiger partial charge is 0.192 e. The van der Waals surface area contributed by atoms with Crippen molar-refractivity contribution < 1.29 is 8.81 Å². The van der Waals surface area contributed by atoms with Crippen molar-refractivity contribution >= 4 is 16.9 Å². The van der Waals surface area contributed by atoms with Gasteiger partial charge >= 0.3 is 0 Å². The second-order valence-electron chi connectivity index (χ2n) is 4.54. The molecule has 0 amide bonds. The number of hydrogen-bond acceptors (Lipinski definition) is 2. The van der Waals surface area contributed by atoms with Crippen LogP contribution in [-0.2, 0) is 6.54 Å². The highest BCUT2D eigenvalue weighted by Crippen LogP contribution is 2.26. The Balaban J connectivity index is 2.22. The van der Waals surface area contributed by atoms with Crippen LogP contribution in [0.15, 0.2) is 27.6 Å². The van der Waals surface area contributed by atoms with Crippen molar-refractivity contribution in [1.29, 1.82) is 0 Å². The number of nitrogens with one attached hydrogen (secondary N) is 2. The third-order valence-electron chi connectivity index (χ3n) is 3.08. The molecule has 1 heterocycles. The third kappa shape index (κ3) is 3.54. The standard InChI is InChI=1S/C16H18FN3O/c1-4-8-19-16(18-5-2)20-10-15-11(3)13-9-12(17)6-7-14(13)21-15/h1,6-7,9H,5,8,10H2,2-3H3,(H2,18,19,20). The van der Waals surface area contributed by atoms with Gasteiger partial charge in [0, 0.05) is 17.5 Å². The van der Waals surface area contributed by atoms with Gasteiger partial charge in [0.1, 0.15) is 23.7 Å². The van der Waals surface area contributed by atoms with E-state index in [2.05, 4.69) is 21.5 Å². The van der Waals surface area contributed by atoms with Crippen molar-refractivity contribution in [2.24, 2.45) is 4.99 Å². The van der Waals surface area contributed by atoms with E-state index < -0.39 is 0 Å². The first-order chi connectivity index (χ1) is 10.2. The van der Waals surface area contributed by atoms with Crippen molar-refractivity contribution in [3.05, 3.63) is 35.3 Å². The van der Waals surface area contributed by atoms with Crippen LogP contribution in [0.4, 0.5) is 4.39 Å². The molecule has 0 saturated carbocycles. The maximum atomic E-state index is 13.3. The summed E-state index contributed by atoms with van der Waals surface area (Å²) in [6.45, 7) is 5.37. The SMILES string of the molecule is C#CCNC(=NCc1oc2ccc(F)cc2c1C)NCC. The molecule has 110 valence electrons. The molecule has 2 aromatic rings. The molecule has 1 aromatic heterocycles. The zero-order valence-electron chi connectivity index (χ0n) is 12.2. The summed E-state index contributed by atoms with van der Waals surface area (Å²) < 4.78 is 19.0. The van der Waals surface area contributed by atoms with Gasteiger partial charge < -0.3 is 15.1 Å². The minimum atomic E-state index is -0.273. The molecule has 0 bridgehead atoms. The Labute approximate surface area is 123 Å². The van der Waals surface area contributed by atoms with Gasteiger partial charge in [0.15, 0.2) is 5.96 Å². The van der Waals surface area contributed by atoms with Crippen LogP contribution in [0.1, 0.15) is 18.2 Å². The van der Waals surface area contributed by atoms with Gasteiger partial charge in [-0.3, -0.25) is 0 Å². The second kappa shape index (κ2) is 6.80. The van der Waals surface area contributed by atoms with Crippen LogP contribution < -0.4 is 10.6 Å². The number of aryl methyl sites for hydroxylation is 1. The van der Waals surface area contributed by atoms with Crippen LogP contribution in [0.5, 0.6) is 0 Å². The van der Waals surface area contributed by atoms with Crippen molar-refractivity contribution in [1.82, 2.24) is 10.6 Å². The minimum Gasteiger partial charge on any atom is -0.459 e. The Morgan fingerprint density at radius 3 is 2.95 bits per heavy atom. The highest BCUT2D eigenvalue weighted by atomic mass is 19.1. The lowest BCUT2D eigenvalue weighted by Gasteiger charge is -2.08. The Morgan fingerprint density at radius 1 is 1.43 bits per heavy atom. The maximum absolute atomic E-state index is 13.3. The molecule has 0 aliphatic carbocycles. The topological polar surface area (TPSA) is 49.6 Å². The van der Waals surface area contributed by atoms with Gasteiger partial charge in [0.05, 0.1) is 6.54 Å². The van der Waals surface area contributed by atoms with Gasteiger partial charge in [-0.2, -0.15) is 0 Å². The molecule has 0 aliphatic heterocycles. The van der Waals surface area contributed by atoms with E-state index in [1.807, 2.05) is 13.8 Å². The molecule has 0 fully saturated rings. The van der Waals surface area contributed by atoms with Gasteiger partial charge in [0.2, 0.25) is 0 Å². The first-order valence-electron chi connectivity index (χ1n) is 6.79. The van der Waals surface area contributed by atoms with E-state index in [0.29, 0.717) is 30.4 Å². The molecule has 0 spiro atoms. The molecule has 0 saturated heterocycles. The number of halogens is 1. The molecule has 4 nitrogen and oxygen atoms in total. The summed E-state index contributed by atoms with van der Waals surface area (Å²) in [7, 11) is 0. The Morgan fingerprint density at radius 2 is 2.24 bits per heavy atom. The molecule has 1 aromatic carbocycles. The fraction of sp³-hybridized carbons (Fsp3) is 0.312. The van der Waals surface area contributed by atoms with Crippen molar-refractivity contribution in [3.63, 3.8) is 0 Å². The van der Waals surface area contributed by atoms with E-state index >= 15 is 0 Å².